The first-order chi connectivity index (χ1) is 12.2. The number of rotatable bonds is 3. The van der Waals surface area contributed by atoms with Crippen LogP contribution in [0.15, 0.2) is 47.0 Å². The van der Waals surface area contributed by atoms with E-state index in [0.717, 1.165) is 16.6 Å². The van der Waals surface area contributed by atoms with Crippen LogP contribution < -0.4 is 4.90 Å². The van der Waals surface area contributed by atoms with Crippen molar-refractivity contribution in [3.05, 3.63) is 59.3 Å². The number of carbonyl (C=O) groups is 2. The van der Waals surface area contributed by atoms with Gasteiger partial charge in [-0.05, 0) is 42.3 Å². The molecule has 0 aliphatic carbocycles. The largest absolute Gasteiger partial charge is 0.465 e. The van der Waals surface area contributed by atoms with E-state index in [0.29, 0.717) is 29.8 Å². The first-order valence-electron chi connectivity index (χ1n) is 8.02. The van der Waals surface area contributed by atoms with Gasteiger partial charge in [-0.3, -0.25) is 4.79 Å². The Labute approximate surface area is 144 Å². The van der Waals surface area contributed by atoms with Crippen LogP contribution in [0.1, 0.15) is 21.6 Å². The SMILES string of the molecule is COC(=O)c1ccc2c(c1)CCN2C(=O)Cc1noc2ccccc12. The van der Waals surface area contributed by atoms with Crippen LogP contribution >= 0.6 is 0 Å². The fourth-order valence-electron chi connectivity index (χ4n) is 3.21. The number of amides is 1. The number of hydrogen-bond acceptors (Lipinski definition) is 5. The van der Waals surface area contributed by atoms with Gasteiger partial charge in [-0.25, -0.2) is 4.79 Å². The Morgan fingerprint density at radius 1 is 1.24 bits per heavy atom. The van der Waals surface area contributed by atoms with Crippen LogP contribution in [0, 0.1) is 0 Å². The van der Waals surface area contributed by atoms with Gasteiger partial charge in [0.15, 0.2) is 5.58 Å². The van der Waals surface area contributed by atoms with Crippen molar-refractivity contribution in [2.24, 2.45) is 0 Å². The molecule has 6 nitrogen and oxygen atoms in total. The summed E-state index contributed by atoms with van der Waals surface area (Å²) in [6, 6.07) is 12.8. The average Bonchev–Trinajstić information content (AvgIpc) is 3.25. The lowest BCUT2D eigenvalue weighted by atomic mass is 10.1. The molecule has 0 saturated heterocycles. The van der Waals surface area contributed by atoms with Gasteiger partial charge >= 0.3 is 5.97 Å². The number of ether oxygens (including phenoxy) is 1. The maximum atomic E-state index is 12.7. The molecule has 0 bridgehead atoms. The molecule has 0 atom stereocenters. The van der Waals surface area contributed by atoms with Crippen molar-refractivity contribution in [1.29, 1.82) is 0 Å². The molecule has 0 spiro atoms. The third kappa shape index (κ3) is 2.65. The van der Waals surface area contributed by atoms with E-state index in [1.165, 1.54) is 7.11 Å². The van der Waals surface area contributed by atoms with E-state index in [9.17, 15) is 9.59 Å². The average molecular weight is 336 g/mol. The summed E-state index contributed by atoms with van der Waals surface area (Å²) in [4.78, 5) is 26.1. The summed E-state index contributed by atoms with van der Waals surface area (Å²) in [6.45, 7) is 0.592. The van der Waals surface area contributed by atoms with Crippen molar-refractivity contribution in [2.45, 2.75) is 12.8 Å². The zero-order valence-corrected chi connectivity index (χ0v) is 13.7. The lowest BCUT2D eigenvalue weighted by molar-refractivity contribution is -0.117. The van der Waals surface area contributed by atoms with Gasteiger partial charge in [-0.1, -0.05) is 17.3 Å². The number of methoxy groups -OCH3 is 1. The summed E-state index contributed by atoms with van der Waals surface area (Å²) in [5.41, 5.74) is 3.62. The Hall–Kier alpha value is -3.15. The standard InChI is InChI=1S/C19H16N2O4/c1-24-19(23)13-6-7-16-12(10-13)8-9-21(16)18(22)11-15-14-4-2-3-5-17(14)25-20-15/h2-7,10H,8-9,11H2,1H3. The number of esters is 1. The molecule has 0 radical (unpaired) electrons. The van der Waals surface area contributed by atoms with Gasteiger partial charge in [0.1, 0.15) is 5.69 Å². The first-order valence-corrected chi connectivity index (χ1v) is 8.02. The van der Waals surface area contributed by atoms with Crippen LogP contribution in [-0.2, 0) is 22.4 Å². The van der Waals surface area contributed by atoms with Crippen molar-refractivity contribution in [2.75, 3.05) is 18.6 Å². The third-order valence-electron chi connectivity index (χ3n) is 4.47. The molecule has 3 aromatic rings. The number of fused-ring (bicyclic) bond motifs is 2. The van der Waals surface area contributed by atoms with E-state index >= 15 is 0 Å². The Kier molecular flexibility index (Phi) is 3.72. The second-order valence-electron chi connectivity index (χ2n) is 5.93. The van der Waals surface area contributed by atoms with Crippen LogP contribution in [0.5, 0.6) is 0 Å². The van der Waals surface area contributed by atoms with Crippen LogP contribution in [0.4, 0.5) is 5.69 Å². The van der Waals surface area contributed by atoms with E-state index in [2.05, 4.69) is 5.16 Å². The Bertz CT molecular complexity index is 976. The van der Waals surface area contributed by atoms with Crippen molar-refractivity contribution in [3.8, 4) is 0 Å². The van der Waals surface area contributed by atoms with E-state index in [4.69, 9.17) is 9.26 Å². The summed E-state index contributed by atoms with van der Waals surface area (Å²) in [5.74, 6) is -0.412. The lowest BCUT2D eigenvalue weighted by Gasteiger charge is -2.17. The monoisotopic (exact) mass is 336 g/mol. The molecule has 0 unspecified atom stereocenters. The molecule has 2 heterocycles. The fraction of sp³-hybridized carbons (Fsp3) is 0.211. The molecule has 4 rings (SSSR count). The van der Waals surface area contributed by atoms with Gasteiger partial charge in [-0.15, -0.1) is 0 Å². The van der Waals surface area contributed by atoms with Gasteiger partial charge in [0.05, 0.1) is 19.1 Å². The Balaban J connectivity index is 1.58. The zero-order valence-electron chi connectivity index (χ0n) is 13.7. The van der Waals surface area contributed by atoms with Crippen LogP contribution in [0.3, 0.4) is 0 Å². The maximum Gasteiger partial charge on any atom is 0.337 e. The van der Waals surface area contributed by atoms with Crippen molar-refractivity contribution < 1.29 is 18.8 Å². The summed E-state index contributed by atoms with van der Waals surface area (Å²) in [5, 5.41) is 4.89. The van der Waals surface area contributed by atoms with Crippen molar-refractivity contribution in [1.82, 2.24) is 5.16 Å². The summed E-state index contributed by atoms with van der Waals surface area (Å²) in [7, 11) is 1.35. The number of carbonyl (C=O) groups excluding carboxylic acids is 2. The quantitative estimate of drug-likeness (QED) is 0.688. The molecular formula is C19H16N2O4. The van der Waals surface area contributed by atoms with Crippen LogP contribution in [-0.4, -0.2) is 30.7 Å². The normalized spacial score (nSPS) is 13.1. The molecule has 1 aliphatic heterocycles. The van der Waals surface area contributed by atoms with Gasteiger partial charge < -0.3 is 14.2 Å². The molecule has 1 aromatic heterocycles. The number of aromatic nitrogens is 1. The smallest absolute Gasteiger partial charge is 0.337 e. The van der Waals surface area contributed by atoms with Gasteiger partial charge in [0.2, 0.25) is 5.91 Å². The van der Waals surface area contributed by atoms with Crippen LogP contribution in [0.2, 0.25) is 0 Å². The highest BCUT2D eigenvalue weighted by Gasteiger charge is 2.26. The highest BCUT2D eigenvalue weighted by atomic mass is 16.5. The number of para-hydroxylation sites is 1. The van der Waals surface area contributed by atoms with Crippen molar-refractivity contribution in [3.63, 3.8) is 0 Å². The second-order valence-corrected chi connectivity index (χ2v) is 5.93. The van der Waals surface area contributed by atoms with Crippen LogP contribution in [0.25, 0.3) is 11.0 Å². The summed E-state index contributed by atoms with van der Waals surface area (Å²) >= 11 is 0. The number of anilines is 1. The minimum absolute atomic E-state index is 0.0383. The Morgan fingerprint density at radius 2 is 2.08 bits per heavy atom. The highest BCUT2D eigenvalue weighted by Crippen LogP contribution is 2.30. The zero-order chi connectivity index (χ0) is 17.4. The maximum absolute atomic E-state index is 12.7. The summed E-state index contributed by atoms with van der Waals surface area (Å²) in [6.07, 6.45) is 0.890. The number of hydrogen-bond donors (Lipinski definition) is 0. The molecule has 1 amide bonds. The van der Waals surface area contributed by atoms with E-state index in [-0.39, 0.29) is 18.3 Å². The predicted molar refractivity (Wildman–Crippen MR) is 91.6 cm³/mol. The molecular weight excluding hydrogens is 320 g/mol. The molecule has 1 aliphatic rings. The van der Waals surface area contributed by atoms with Gasteiger partial charge in [0.25, 0.3) is 0 Å². The lowest BCUT2D eigenvalue weighted by Crippen LogP contribution is -2.30. The molecule has 0 saturated carbocycles. The molecule has 126 valence electrons. The molecule has 2 aromatic carbocycles. The fourth-order valence-corrected chi connectivity index (χ4v) is 3.21. The molecule has 0 N–H and O–H groups in total. The topological polar surface area (TPSA) is 72.6 Å². The first kappa shape index (κ1) is 15.4. The molecule has 0 fully saturated rings. The van der Waals surface area contributed by atoms with E-state index in [1.807, 2.05) is 24.3 Å². The van der Waals surface area contributed by atoms with Crippen molar-refractivity contribution >= 4 is 28.5 Å². The highest BCUT2D eigenvalue weighted by molar-refractivity contribution is 5.99. The van der Waals surface area contributed by atoms with E-state index in [1.54, 1.807) is 23.1 Å². The second kappa shape index (κ2) is 6.05. The minimum Gasteiger partial charge on any atom is -0.465 e. The third-order valence-corrected chi connectivity index (χ3v) is 4.47. The molecule has 25 heavy (non-hydrogen) atoms. The minimum atomic E-state index is -0.373. The van der Waals surface area contributed by atoms with E-state index < -0.39 is 0 Å². The summed E-state index contributed by atoms with van der Waals surface area (Å²) < 4.78 is 10.0. The van der Waals surface area contributed by atoms with Gasteiger partial charge in [0, 0.05) is 17.6 Å². The predicted octanol–water partition coefficient (Wildman–Crippen LogP) is 2.75. The number of benzene rings is 2. The van der Waals surface area contributed by atoms with Gasteiger partial charge in [-0.2, -0.15) is 0 Å². The Morgan fingerprint density at radius 3 is 2.92 bits per heavy atom. The number of nitrogens with zero attached hydrogens (tertiary/aromatic N) is 2. The molecule has 6 heteroatoms.